The molecule has 0 saturated heterocycles. The Kier molecular flexibility index (Phi) is 5.93. The van der Waals surface area contributed by atoms with E-state index in [4.69, 9.17) is 9.47 Å². The second kappa shape index (κ2) is 9.13. The summed E-state index contributed by atoms with van der Waals surface area (Å²) in [6.07, 6.45) is 1.03. The maximum absolute atomic E-state index is 11.8. The van der Waals surface area contributed by atoms with Gasteiger partial charge in [0.1, 0.15) is 12.1 Å². The summed E-state index contributed by atoms with van der Waals surface area (Å²) in [5.41, 5.74) is 3.65. The molecule has 156 valence electrons. The van der Waals surface area contributed by atoms with Crippen molar-refractivity contribution in [2.75, 3.05) is 19.0 Å². The molecule has 31 heavy (non-hydrogen) atoms. The molecule has 0 aliphatic carbocycles. The maximum atomic E-state index is 11.8. The Bertz CT molecular complexity index is 1210. The molecule has 0 radical (unpaired) electrons. The summed E-state index contributed by atoms with van der Waals surface area (Å²) in [4.78, 5) is 20.6. The molecule has 7 nitrogen and oxygen atoms in total. The molecule has 0 aliphatic heterocycles. The summed E-state index contributed by atoms with van der Waals surface area (Å²) >= 11 is 0. The maximum Gasteiger partial charge on any atom is 0.412 e. The van der Waals surface area contributed by atoms with E-state index in [-0.39, 0.29) is 0 Å². The number of nitrogens with one attached hydrogen (secondary N) is 2. The van der Waals surface area contributed by atoms with Crippen LogP contribution in [0.3, 0.4) is 0 Å². The van der Waals surface area contributed by atoms with Crippen molar-refractivity contribution in [1.82, 2.24) is 15.3 Å². The van der Waals surface area contributed by atoms with Gasteiger partial charge in [0.05, 0.1) is 12.6 Å². The predicted octanol–water partition coefficient (Wildman–Crippen LogP) is 5.16. The van der Waals surface area contributed by atoms with Crippen LogP contribution in [0.5, 0.6) is 11.5 Å². The van der Waals surface area contributed by atoms with E-state index in [1.807, 2.05) is 67.6 Å². The summed E-state index contributed by atoms with van der Waals surface area (Å²) in [5.74, 6) is 1.55. The van der Waals surface area contributed by atoms with Crippen molar-refractivity contribution in [2.24, 2.45) is 0 Å². The molecule has 0 bridgehead atoms. The van der Waals surface area contributed by atoms with Crippen LogP contribution in [0.2, 0.25) is 0 Å². The lowest BCUT2D eigenvalue weighted by atomic mass is 10.0. The smallest absolute Gasteiger partial charge is 0.412 e. The number of hydrogen-bond donors (Lipinski definition) is 2. The first-order chi connectivity index (χ1) is 15.2. The third-order valence-electron chi connectivity index (χ3n) is 4.69. The van der Waals surface area contributed by atoms with Gasteiger partial charge in [-0.05, 0) is 54.4 Å². The first-order valence-corrected chi connectivity index (χ1v) is 9.89. The molecule has 0 unspecified atom stereocenters. The number of ether oxygens (including phenoxy) is 2. The normalized spacial score (nSPS) is 10.5. The van der Waals surface area contributed by atoms with Crippen molar-refractivity contribution in [1.29, 1.82) is 0 Å². The highest BCUT2D eigenvalue weighted by molar-refractivity contribution is 5.94. The lowest BCUT2D eigenvalue weighted by Gasteiger charge is -2.12. The molecule has 0 atom stereocenters. The van der Waals surface area contributed by atoms with E-state index >= 15 is 0 Å². The Morgan fingerprint density at radius 2 is 1.71 bits per heavy atom. The molecule has 0 spiro atoms. The lowest BCUT2D eigenvalue weighted by Crippen LogP contribution is -2.26. The number of hydrogen-bond acceptors (Lipinski definition) is 6. The van der Waals surface area contributed by atoms with Gasteiger partial charge in [-0.1, -0.05) is 30.3 Å². The Hall–Kier alpha value is -4.13. The number of aromatic nitrogens is 2. The first-order valence-electron chi connectivity index (χ1n) is 9.89. The van der Waals surface area contributed by atoms with Gasteiger partial charge < -0.3 is 20.1 Å². The molecular weight excluding hydrogens is 392 g/mol. The van der Waals surface area contributed by atoms with Crippen molar-refractivity contribution in [2.45, 2.75) is 6.92 Å². The SMILES string of the molecule is CCNC(=O)Oc1ccc(-c2ccc3ncnc(Nc4ccccc4)c3c2)cc1OC. The largest absolute Gasteiger partial charge is 0.493 e. The van der Waals surface area contributed by atoms with Crippen molar-refractivity contribution in [3.63, 3.8) is 0 Å². The molecule has 1 heterocycles. The quantitative estimate of drug-likeness (QED) is 0.453. The zero-order chi connectivity index (χ0) is 21.6. The third kappa shape index (κ3) is 4.56. The Morgan fingerprint density at radius 3 is 2.48 bits per heavy atom. The number of para-hydroxylation sites is 1. The van der Waals surface area contributed by atoms with Crippen LogP contribution in [0.25, 0.3) is 22.0 Å². The van der Waals surface area contributed by atoms with E-state index in [2.05, 4.69) is 20.6 Å². The van der Waals surface area contributed by atoms with E-state index in [0.717, 1.165) is 33.5 Å². The highest BCUT2D eigenvalue weighted by Crippen LogP contribution is 2.34. The number of carbonyl (C=O) groups excluding carboxylic acids is 1. The Morgan fingerprint density at radius 1 is 0.935 bits per heavy atom. The van der Waals surface area contributed by atoms with Crippen molar-refractivity contribution in [3.8, 4) is 22.6 Å². The fraction of sp³-hybridized carbons (Fsp3) is 0.125. The van der Waals surface area contributed by atoms with Gasteiger partial charge in [-0.3, -0.25) is 0 Å². The van der Waals surface area contributed by atoms with Crippen molar-refractivity contribution >= 4 is 28.5 Å². The van der Waals surface area contributed by atoms with Crippen molar-refractivity contribution in [3.05, 3.63) is 73.1 Å². The standard InChI is InChI=1S/C24H22N4O3/c1-3-25-24(29)31-21-12-10-17(14-22(21)30-2)16-9-11-20-19(13-16)23(27-15-26-20)28-18-7-5-4-6-8-18/h4-15H,3H2,1-2H3,(H,25,29)(H,26,27,28). The Balaban J connectivity index is 1.69. The van der Waals surface area contributed by atoms with E-state index in [1.54, 1.807) is 19.5 Å². The molecule has 1 aromatic heterocycles. The second-order valence-corrected chi connectivity index (χ2v) is 6.73. The molecule has 2 N–H and O–H groups in total. The molecule has 0 saturated carbocycles. The average Bonchev–Trinajstić information content (AvgIpc) is 2.80. The lowest BCUT2D eigenvalue weighted by molar-refractivity contribution is 0.199. The van der Waals surface area contributed by atoms with E-state index in [9.17, 15) is 4.79 Å². The van der Waals surface area contributed by atoms with Crippen LogP contribution in [0.4, 0.5) is 16.3 Å². The number of anilines is 2. The molecule has 3 aromatic carbocycles. The van der Waals surface area contributed by atoms with E-state index in [1.165, 1.54) is 0 Å². The van der Waals surface area contributed by atoms with E-state index in [0.29, 0.717) is 18.0 Å². The van der Waals surface area contributed by atoms with Gasteiger partial charge in [0.15, 0.2) is 11.5 Å². The number of carbonyl (C=O) groups is 1. The number of benzene rings is 3. The van der Waals surface area contributed by atoms with Crippen LogP contribution < -0.4 is 20.1 Å². The minimum absolute atomic E-state index is 0.354. The zero-order valence-corrected chi connectivity index (χ0v) is 17.3. The molecule has 4 aromatic rings. The molecule has 0 fully saturated rings. The van der Waals surface area contributed by atoms with Crippen LogP contribution in [-0.2, 0) is 0 Å². The average molecular weight is 414 g/mol. The second-order valence-electron chi connectivity index (χ2n) is 6.73. The topological polar surface area (TPSA) is 85.4 Å². The summed E-state index contributed by atoms with van der Waals surface area (Å²) in [7, 11) is 1.54. The third-order valence-corrected chi connectivity index (χ3v) is 4.69. The summed E-state index contributed by atoms with van der Waals surface area (Å²) in [5, 5.41) is 6.84. The Labute approximate surface area is 180 Å². The van der Waals surface area contributed by atoms with Gasteiger partial charge in [-0.15, -0.1) is 0 Å². The highest BCUT2D eigenvalue weighted by Gasteiger charge is 2.12. The fourth-order valence-corrected chi connectivity index (χ4v) is 3.21. The number of fused-ring (bicyclic) bond motifs is 1. The van der Waals surface area contributed by atoms with Crippen LogP contribution in [0, 0.1) is 0 Å². The fourth-order valence-electron chi connectivity index (χ4n) is 3.21. The predicted molar refractivity (Wildman–Crippen MR) is 121 cm³/mol. The first kappa shape index (κ1) is 20.2. The minimum Gasteiger partial charge on any atom is -0.493 e. The monoisotopic (exact) mass is 414 g/mol. The van der Waals surface area contributed by atoms with E-state index < -0.39 is 6.09 Å². The number of methoxy groups -OCH3 is 1. The summed E-state index contributed by atoms with van der Waals surface area (Å²) in [6.45, 7) is 2.31. The molecule has 1 amide bonds. The highest BCUT2D eigenvalue weighted by atomic mass is 16.6. The number of rotatable bonds is 6. The van der Waals surface area contributed by atoms with Crippen molar-refractivity contribution < 1.29 is 14.3 Å². The van der Waals surface area contributed by atoms with Gasteiger partial charge in [-0.2, -0.15) is 0 Å². The molecule has 4 rings (SSSR count). The molecular formula is C24H22N4O3. The molecule has 7 heteroatoms. The van der Waals surface area contributed by atoms with Gasteiger partial charge >= 0.3 is 6.09 Å². The number of amides is 1. The van der Waals surface area contributed by atoms with Gasteiger partial charge in [0.25, 0.3) is 0 Å². The van der Waals surface area contributed by atoms with Crippen LogP contribution >= 0.6 is 0 Å². The van der Waals surface area contributed by atoms with Gasteiger partial charge in [-0.25, -0.2) is 14.8 Å². The van der Waals surface area contributed by atoms with Crippen LogP contribution in [-0.4, -0.2) is 29.7 Å². The number of nitrogens with zero attached hydrogens (tertiary/aromatic N) is 2. The van der Waals surface area contributed by atoms with Crippen LogP contribution in [0.1, 0.15) is 6.92 Å². The molecule has 0 aliphatic rings. The van der Waals surface area contributed by atoms with Gasteiger partial charge in [0.2, 0.25) is 0 Å². The van der Waals surface area contributed by atoms with Gasteiger partial charge in [0, 0.05) is 17.6 Å². The minimum atomic E-state index is -0.520. The zero-order valence-electron chi connectivity index (χ0n) is 17.3. The summed E-state index contributed by atoms with van der Waals surface area (Å²) < 4.78 is 10.8. The van der Waals surface area contributed by atoms with Crippen LogP contribution in [0.15, 0.2) is 73.1 Å². The summed E-state index contributed by atoms with van der Waals surface area (Å²) in [6, 6.07) is 21.3.